The standard InChI is InChI=1S/C11H13N3/c1-7-2-3-8(6-12)10(4-7)14-11-5-9(11)13/h2-4,9,11,14H,5,13H2,1H3. The van der Waals surface area contributed by atoms with E-state index in [4.69, 9.17) is 11.0 Å². The Morgan fingerprint density at radius 3 is 2.86 bits per heavy atom. The minimum Gasteiger partial charge on any atom is -0.380 e. The maximum absolute atomic E-state index is 8.89. The summed E-state index contributed by atoms with van der Waals surface area (Å²) in [5.74, 6) is 0. The van der Waals surface area contributed by atoms with Gasteiger partial charge in [0.2, 0.25) is 0 Å². The van der Waals surface area contributed by atoms with Crippen molar-refractivity contribution in [2.45, 2.75) is 25.4 Å². The normalized spacial score (nSPS) is 24.1. The van der Waals surface area contributed by atoms with Gasteiger partial charge in [-0.25, -0.2) is 0 Å². The summed E-state index contributed by atoms with van der Waals surface area (Å²) >= 11 is 0. The Balaban J connectivity index is 2.22. The maximum atomic E-state index is 8.89. The predicted molar refractivity (Wildman–Crippen MR) is 55.9 cm³/mol. The number of nitrogens with two attached hydrogens (primary N) is 1. The lowest BCUT2D eigenvalue weighted by molar-refractivity contribution is 1.01. The Hall–Kier alpha value is -1.53. The van der Waals surface area contributed by atoms with Gasteiger partial charge in [-0.2, -0.15) is 5.26 Å². The topological polar surface area (TPSA) is 61.8 Å². The van der Waals surface area contributed by atoms with E-state index in [1.54, 1.807) is 0 Å². The van der Waals surface area contributed by atoms with Crippen LogP contribution in [0.3, 0.4) is 0 Å². The third-order valence-electron chi connectivity index (χ3n) is 2.48. The van der Waals surface area contributed by atoms with E-state index in [-0.39, 0.29) is 6.04 Å². The number of aryl methyl sites for hydroxylation is 1. The van der Waals surface area contributed by atoms with Crippen LogP contribution in [0.1, 0.15) is 17.5 Å². The largest absolute Gasteiger partial charge is 0.380 e. The van der Waals surface area contributed by atoms with Crippen LogP contribution in [0, 0.1) is 18.3 Å². The summed E-state index contributed by atoms with van der Waals surface area (Å²) in [6.45, 7) is 2.01. The van der Waals surface area contributed by atoms with Crippen LogP contribution >= 0.6 is 0 Å². The number of hydrogen-bond donors (Lipinski definition) is 2. The first-order valence-corrected chi connectivity index (χ1v) is 4.73. The molecule has 3 heteroatoms. The second kappa shape index (κ2) is 3.32. The van der Waals surface area contributed by atoms with Gasteiger partial charge in [0.1, 0.15) is 6.07 Å². The molecule has 1 saturated carbocycles. The third-order valence-corrected chi connectivity index (χ3v) is 2.48. The molecule has 0 heterocycles. The molecule has 1 fully saturated rings. The smallest absolute Gasteiger partial charge is 0.101 e. The van der Waals surface area contributed by atoms with E-state index in [1.165, 1.54) is 0 Å². The molecule has 72 valence electrons. The average molecular weight is 187 g/mol. The molecule has 0 amide bonds. The molecule has 1 aliphatic rings. The van der Waals surface area contributed by atoms with Gasteiger partial charge in [-0.1, -0.05) is 6.07 Å². The fourth-order valence-electron chi connectivity index (χ4n) is 1.46. The average Bonchev–Trinajstić information content (AvgIpc) is 2.82. The van der Waals surface area contributed by atoms with E-state index in [2.05, 4.69) is 11.4 Å². The van der Waals surface area contributed by atoms with Crippen LogP contribution < -0.4 is 11.1 Å². The highest BCUT2D eigenvalue weighted by atomic mass is 15.0. The molecule has 2 atom stereocenters. The molecule has 0 bridgehead atoms. The predicted octanol–water partition coefficient (Wildman–Crippen LogP) is 1.38. The van der Waals surface area contributed by atoms with Crippen molar-refractivity contribution in [3.8, 4) is 6.07 Å². The molecule has 0 saturated heterocycles. The maximum Gasteiger partial charge on any atom is 0.101 e. The molecule has 1 aromatic carbocycles. The molecule has 1 aromatic rings. The van der Waals surface area contributed by atoms with Gasteiger partial charge in [0, 0.05) is 12.1 Å². The molecular weight excluding hydrogens is 174 g/mol. The summed E-state index contributed by atoms with van der Waals surface area (Å²) in [5, 5.41) is 12.2. The molecule has 3 nitrogen and oxygen atoms in total. The summed E-state index contributed by atoms with van der Waals surface area (Å²) in [6, 6.07) is 8.54. The van der Waals surface area contributed by atoms with E-state index < -0.39 is 0 Å². The first-order valence-electron chi connectivity index (χ1n) is 4.73. The van der Waals surface area contributed by atoms with Crippen LogP contribution in [0.2, 0.25) is 0 Å². The van der Waals surface area contributed by atoms with Gasteiger partial charge in [-0.3, -0.25) is 0 Å². The molecule has 0 aromatic heterocycles. The zero-order valence-electron chi connectivity index (χ0n) is 8.12. The fraction of sp³-hybridized carbons (Fsp3) is 0.364. The Bertz CT molecular complexity index is 392. The Morgan fingerprint density at radius 1 is 1.57 bits per heavy atom. The quantitative estimate of drug-likeness (QED) is 0.735. The lowest BCUT2D eigenvalue weighted by Gasteiger charge is -2.07. The zero-order chi connectivity index (χ0) is 10.1. The minimum absolute atomic E-state index is 0.252. The lowest BCUT2D eigenvalue weighted by atomic mass is 10.1. The number of benzene rings is 1. The summed E-state index contributed by atoms with van der Waals surface area (Å²) in [7, 11) is 0. The highest BCUT2D eigenvalue weighted by Gasteiger charge is 2.33. The third kappa shape index (κ3) is 1.70. The van der Waals surface area contributed by atoms with Crippen molar-refractivity contribution in [2.24, 2.45) is 5.73 Å². The molecule has 2 unspecified atom stereocenters. The lowest BCUT2D eigenvalue weighted by Crippen LogP contribution is -2.13. The van der Waals surface area contributed by atoms with Crippen LogP contribution in [-0.2, 0) is 0 Å². The van der Waals surface area contributed by atoms with E-state index in [0.717, 1.165) is 17.7 Å². The Kier molecular flexibility index (Phi) is 2.14. The van der Waals surface area contributed by atoms with E-state index in [1.807, 2.05) is 25.1 Å². The second-order valence-corrected chi connectivity index (χ2v) is 3.81. The van der Waals surface area contributed by atoms with Gasteiger partial charge in [0.25, 0.3) is 0 Å². The van der Waals surface area contributed by atoms with Crippen molar-refractivity contribution >= 4 is 5.69 Å². The number of nitriles is 1. The Morgan fingerprint density at radius 2 is 2.29 bits per heavy atom. The highest BCUT2D eigenvalue weighted by molar-refractivity contribution is 5.60. The van der Waals surface area contributed by atoms with E-state index >= 15 is 0 Å². The zero-order valence-corrected chi connectivity index (χ0v) is 8.12. The second-order valence-electron chi connectivity index (χ2n) is 3.81. The monoisotopic (exact) mass is 187 g/mol. The van der Waals surface area contributed by atoms with Gasteiger partial charge in [0.15, 0.2) is 0 Å². The van der Waals surface area contributed by atoms with Crippen molar-refractivity contribution in [3.05, 3.63) is 29.3 Å². The number of rotatable bonds is 2. The van der Waals surface area contributed by atoms with Crippen molar-refractivity contribution in [1.82, 2.24) is 0 Å². The summed E-state index contributed by atoms with van der Waals surface area (Å²) < 4.78 is 0. The molecule has 1 aliphatic carbocycles. The first kappa shape index (κ1) is 9.04. The number of hydrogen-bond acceptors (Lipinski definition) is 3. The number of nitrogens with one attached hydrogen (secondary N) is 1. The Labute approximate surface area is 83.5 Å². The van der Waals surface area contributed by atoms with E-state index in [9.17, 15) is 0 Å². The number of nitrogens with zero attached hydrogens (tertiary/aromatic N) is 1. The SMILES string of the molecule is Cc1ccc(C#N)c(NC2CC2N)c1. The van der Waals surface area contributed by atoms with Crippen molar-refractivity contribution in [1.29, 1.82) is 5.26 Å². The first-order chi connectivity index (χ1) is 6.70. The van der Waals surface area contributed by atoms with Crippen LogP contribution in [0.4, 0.5) is 5.69 Å². The molecule has 14 heavy (non-hydrogen) atoms. The fourth-order valence-corrected chi connectivity index (χ4v) is 1.46. The summed E-state index contributed by atoms with van der Waals surface area (Å²) in [5.41, 5.74) is 8.45. The van der Waals surface area contributed by atoms with Crippen LogP contribution in [0.15, 0.2) is 18.2 Å². The van der Waals surface area contributed by atoms with Crippen LogP contribution in [0.5, 0.6) is 0 Å². The van der Waals surface area contributed by atoms with Gasteiger partial charge in [-0.05, 0) is 31.0 Å². The minimum atomic E-state index is 0.252. The van der Waals surface area contributed by atoms with Crippen molar-refractivity contribution in [3.63, 3.8) is 0 Å². The highest BCUT2D eigenvalue weighted by Crippen LogP contribution is 2.26. The summed E-state index contributed by atoms with van der Waals surface area (Å²) in [4.78, 5) is 0. The number of anilines is 1. The van der Waals surface area contributed by atoms with E-state index in [0.29, 0.717) is 11.6 Å². The molecule has 0 spiro atoms. The van der Waals surface area contributed by atoms with Crippen molar-refractivity contribution in [2.75, 3.05) is 5.32 Å². The van der Waals surface area contributed by atoms with Gasteiger partial charge in [-0.15, -0.1) is 0 Å². The molecular formula is C11H13N3. The van der Waals surface area contributed by atoms with Gasteiger partial charge >= 0.3 is 0 Å². The molecule has 2 rings (SSSR count). The molecule has 0 aliphatic heterocycles. The van der Waals surface area contributed by atoms with Crippen LogP contribution in [-0.4, -0.2) is 12.1 Å². The van der Waals surface area contributed by atoms with Crippen molar-refractivity contribution < 1.29 is 0 Å². The van der Waals surface area contributed by atoms with Crippen LogP contribution in [0.25, 0.3) is 0 Å². The van der Waals surface area contributed by atoms with Gasteiger partial charge < -0.3 is 11.1 Å². The van der Waals surface area contributed by atoms with Gasteiger partial charge in [0.05, 0.1) is 11.3 Å². The molecule has 0 radical (unpaired) electrons. The summed E-state index contributed by atoms with van der Waals surface area (Å²) in [6.07, 6.45) is 0.999. The molecule has 3 N–H and O–H groups in total.